The third kappa shape index (κ3) is 6.49. The lowest BCUT2D eigenvalue weighted by Gasteiger charge is -2.43. The minimum atomic E-state index is -1.90. The van der Waals surface area contributed by atoms with Gasteiger partial charge in [0.05, 0.1) is 11.7 Å². The molecule has 0 radical (unpaired) electrons. The van der Waals surface area contributed by atoms with Gasteiger partial charge in [0.2, 0.25) is 11.7 Å². The van der Waals surface area contributed by atoms with E-state index in [-0.39, 0.29) is 18.7 Å². The SMILES string of the molecule is CC1CCC2(CC1)N[C@@H](CC(O)(Cc1ccccc1)OC(=O)Nc1ccccc1)C(=O)N2Cc1ccccc1. The Balaban J connectivity index is 1.39. The van der Waals surface area contributed by atoms with Gasteiger partial charge in [-0.2, -0.15) is 0 Å². The molecule has 1 saturated carbocycles. The molecule has 2 fully saturated rings. The van der Waals surface area contributed by atoms with Crippen molar-refractivity contribution in [1.29, 1.82) is 0 Å². The zero-order valence-electron chi connectivity index (χ0n) is 22.4. The van der Waals surface area contributed by atoms with E-state index >= 15 is 0 Å². The highest BCUT2D eigenvalue weighted by Gasteiger charge is 2.53. The van der Waals surface area contributed by atoms with Crippen LogP contribution in [0.25, 0.3) is 0 Å². The molecule has 3 aromatic rings. The molecule has 3 aromatic carbocycles. The maximum Gasteiger partial charge on any atom is 0.414 e. The molecule has 39 heavy (non-hydrogen) atoms. The first-order chi connectivity index (χ1) is 18.8. The predicted octanol–water partition coefficient (Wildman–Crippen LogP) is 5.46. The second kappa shape index (κ2) is 11.6. The monoisotopic (exact) mass is 527 g/mol. The van der Waals surface area contributed by atoms with E-state index in [4.69, 9.17) is 4.74 Å². The predicted molar refractivity (Wildman–Crippen MR) is 151 cm³/mol. The first kappa shape index (κ1) is 26.9. The van der Waals surface area contributed by atoms with Crippen LogP contribution in [0.4, 0.5) is 10.5 Å². The molecule has 1 saturated heterocycles. The number of aliphatic hydroxyl groups is 1. The Bertz CT molecular complexity index is 1250. The summed E-state index contributed by atoms with van der Waals surface area (Å²) in [6.07, 6.45) is 2.94. The van der Waals surface area contributed by atoms with Crippen molar-refractivity contribution in [2.24, 2.45) is 5.92 Å². The third-order valence-electron chi connectivity index (χ3n) is 7.96. The molecule has 1 unspecified atom stereocenters. The molecule has 7 nitrogen and oxygen atoms in total. The molecule has 1 heterocycles. The average molecular weight is 528 g/mol. The molecule has 0 aromatic heterocycles. The van der Waals surface area contributed by atoms with Gasteiger partial charge in [0.15, 0.2) is 0 Å². The van der Waals surface area contributed by atoms with Gasteiger partial charge in [0.25, 0.3) is 0 Å². The van der Waals surface area contributed by atoms with Crippen LogP contribution in [0.3, 0.4) is 0 Å². The molecule has 1 aliphatic heterocycles. The summed E-state index contributed by atoms with van der Waals surface area (Å²) < 4.78 is 5.70. The Morgan fingerprint density at radius 3 is 2.15 bits per heavy atom. The number of nitrogens with zero attached hydrogens (tertiary/aromatic N) is 1. The zero-order chi connectivity index (χ0) is 27.3. The van der Waals surface area contributed by atoms with Crippen LogP contribution >= 0.6 is 0 Å². The van der Waals surface area contributed by atoms with Gasteiger partial charge in [-0.3, -0.25) is 15.4 Å². The summed E-state index contributed by atoms with van der Waals surface area (Å²) >= 11 is 0. The van der Waals surface area contributed by atoms with Gasteiger partial charge in [0.1, 0.15) is 0 Å². The Hall–Kier alpha value is -3.68. The Morgan fingerprint density at radius 1 is 0.974 bits per heavy atom. The van der Waals surface area contributed by atoms with Crippen LogP contribution in [0, 0.1) is 5.92 Å². The zero-order valence-corrected chi connectivity index (χ0v) is 22.4. The number of anilines is 1. The number of rotatable bonds is 8. The summed E-state index contributed by atoms with van der Waals surface area (Å²) in [6.45, 7) is 2.74. The third-order valence-corrected chi connectivity index (χ3v) is 7.96. The molecule has 2 amide bonds. The minimum absolute atomic E-state index is 0.0598. The largest absolute Gasteiger partial charge is 0.416 e. The van der Waals surface area contributed by atoms with Crippen LogP contribution in [0.5, 0.6) is 0 Å². The summed E-state index contributed by atoms with van der Waals surface area (Å²) in [6, 6.07) is 27.6. The molecule has 0 bridgehead atoms. The lowest BCUT2D eigenvalue weighted by molar-refractivity contribution is -0.168. The van der Waals surface area contributed by atoms with E-state index in [1.54, 1.807) is 24.3 Å². The first-order valence-electron chi connectivity index (χ1n) is 13.8. The number of benzene rings is 3. The Morgan fingerprint density at radius 2 is 1.54 bits per heavy atom. The Kier molecular flexibility index (Phi) is 8.00. The van der Waals surface area contributed by atoms with Crippen molar-refractivity contribution in [1.82, 2.24) is 10.2 Å². The van der Waals surface area contributed by atoms with Gasteiger partial charge in [-0.25, -0.2) is 4.79 Å². The van der Waals surface area contributed by atoms with Crippen molar-refractivity contribution >= 4 is 17.7 Å². The number of para-hydroxylation sites is 1. The van der Waals surface area contributed by atoms with Crippen molar-refractivity contribution in [2.75, 3.05) is 5.32 Å². The van der Waals surface area contributed by atoms with Gasteiger partial charge in [-0.15, -0.1) is 0 Å². The van der Waals surface area contributed by atoms with Gasteiger partial charge >= 0.3 is 6.09 Å². The van der Waals surface area contributed by atoms with Crippen molar-refractivity contribution in [2.45, 2.75) is 69.5 Å². The molecule has 2 aliphatic rings. The van der Waals surface area contributed by atoms with Crippen LogP contribution in [-0.4, -0.2) is 39.5 Å². The topological polar surface area (TPSA) is 90.9 Å². The number of hydrogen-bond donors (Lipinski definition) is 3. The number of carbonyl (C=O) groups is 2. The fraction of sp³-hybridized carbons (Fsp3) is 0.375. The van der Waals surface area contributed by atoms with Gasteiger partial charge < -0.3 is 14.7 Å². The van der Waals surface area contributed by atoms with Crippen LogP contribution in [0.1, 0.15) is 50.2 Å². The molecule has 5 rings (SSSR count). The minimum Gasteiger partial charge on any atom is -0.416 e. The normalized spacial score (nSPS) is 24.4. The number of amides is 2. The maximum atomic E-state index is 14.0. The highest BCUT2D eigenvalue weighted by Crippen LogP contribution is 2.41. The maximum absolute atomic E-state index is 14.0. The second-order valence-corrected chi connectivity index (χ2v) is 11.0. The summed E-state index contributed by atoms with van der Waals surface area (Å²) in [4.78, 5) is 28.8. The molecule has 2 atom stereocenters. The van der Waals surface area contributed by atoms with Crippen molar-refractivity contribution in [3.63, 3.8) is 0 Å². The van der Waals surface area contributed by atoms with Crippen molar-refractivity contribution in [3.8, 4) is 0 Å². The van der Waals surface area contributed by atoms with Gasteiger partial charge in [-0.05, 0) is 54.9 Å². The van der Waals surface area contributed by atoms with E-state index in [1.165, 1.54) is 0 Å². The lowest BCUT2D eigenvalue weighted by Crippen LogP contribution is -2.54. The van der Waals surface area contributed by atoms with E-state index in [0.717, 1.165) is 36.8 Å². The Labute approximate surface area is 230 Å². The van der Waals surface area contributed by atoms with Gasteiger partial charge in [0, 0.05) is 25.1 Å². The number of nitrogens with one attached hydrogen (secondary N) is 2. The summed E-state index contributed by atoms with van der Waals surface area (Å²) in [5.74, 6) is -1.38. The molecule has 3 N–H and O–H groups in total. The highest BCUT2D eigenvalue weighted by atomic mass is 16.7. The van der Waals surface area contributed by atoms with E-state index in [2.05, 4.69) is 17.6 Å². The molecule has 1 aliphatic carbocycles. The molecule has 7 heteroatoms. The number of ether oxygens (including phenoxy) is 1. The average Bonchev–Trinajstić information content (AvgIpc) is 3.17. The van der Waals surface area contributed by atoms with Crippen LogP contribution in [0.15, 0.2) is 91.0 Å². The van der Waals surface area contributed by atoms with Gasteiger partial charge in [-0.1, -0.05) is 85.8 Å². The van der Waals surface area contributed by atoms with E-state index < -0.39 is 23.6 Å². The fourth-order valence-corrected chi connectivity index (χ4v) is 5.87. The number of hydrogen-bond acceptors (Lipinski definition) is 5. The fourth-order valence-electron chi connectivity index (χ4n) is 5.87. The molecule has 204 valence electrons. The second-order valence-electron chi connectivity index (χ2n) is 11.0. The van der Waals surface area contributed by atoms with Crippen LogP contribution < -0.4 is 10.6 Å². The summed E-state index contributed by atoms with van der Waals surface area (Å²) in [5.41, 5.74) is 1.94. The molecular weight excluding hydrogens is 490 g/mol. The standard InChI is InChI=1S/C32H37N3O4/c1-24-17-19-31(20-18-24)34-28(29(36)35(31)23-26-13-7-3-8-14-26)22-32(38,21-25-11-5-2-6-12-25)39-30(37)33-27-15-9-4-10-16-27/h2-16,24,28,34,38H,17-23H2,1H3,(H,33,37)/t24?,28-,31?,32?/m0/s1. The van der Waals surface area contributed by atoms with E-state index in [9.17, 15) is 14.7 Å². The summed E-state index contributed by atoms with van der Waals surface area (Å²) in [7, 11) is 0. The van der Waals surface area contributed by atoms with Crippen molar-refractivity contribution in [3.05, 3.63) is 102 Å². The van der Waals surface area contributed by atoms with E-state index in [0.29, 0.717) is 18.2 Å². The molecular formula is C32H37N3O4. The van der Waals surface area contributed by atoms with Crippen LogP contribution in [0.2, 0.25) is 0 Å². The van der Waals surface area contributed by atoms with Crippen molar-refractivity contribution < 1.29 is 19.4 Å². The quantitative estimate of drug-likeness (QED) is 0.338. The molecule has 1 spiro atoms. The van der Waals surface area contributed by atoms with Crippen LogP contribution in [-0.2, 0) is 22.5 Å². The first-order valence-corrected chi connectivity index (χ1v) is 13.8. The number of carbonyl (C=O) groups excluding carboxylic acids is 2. The van der Waals surface area contributed by atoms with E-state index in [1.807, 2.05) is 71.6 Å². The summed E-state index contributed by atoms with van der Waals surface area (Å²) in [5, 5.41) is 18.1. The smallest absolute Gasteiger partial charge is 0.414 e. The highest BCUT2D eigenvalue weighted by molar-refractivity contribution is 5.86. The lowest BCUT2D eigenvalue weighted by atomic mass is 9.82.